The van der Waals surface area contributed by atoms with E-state index >= 15 is 0 Å². The lowest BCUT2D eigenvalue weighted by atomic mass is 10.0. The highest BCUT2D eigenvalue weighted by Crippen LogP contribution is 2.30. The minimum Gasteiger partial charge on any atom is -0.468 e. The molecule has 0 N–H and O–H groups in total. The first-order valence-corrected chi connectivity index (χ1v) is 8.66. The predicted molar refractivity (Wildman–Crippen MR) is 88.6 cm³/mol. The van der Waals surface area contributed by atoms with Crippen molar-refractivity contribution < 1.29 is 27.2 Å². The Morgan fingerprint density at radius 1 is 1.37 bits per heavy atom. The summed E-state index contributed by atoms with van der Waals surface area (Å²) in [7, 11) is 1.36. The lowest BCUT2D eigenvalue weighted by Crippen LogP contribution is -2.44. The lowest BCUT2D eigenvalue weighted by Gasteiger charge is -2.32. The van der Waals surface area contributed by atoms with Crippen molar-refractivity contribution in [1.29, 1.82) is 0 Å². The zero-order chi connectivity index (χ0) is 19.4. The minimum atomic E-state index is -4.39. The average molecular weight is 383 g/mol. The van der Waals surface area contributed by atoms with Crippen molar-refractivity contribution >= 4 is 5.97 Å². The van der Waals surface area contributed by atoms with Gasteiger partial charge in [0, 0.05) is 6.42 Å². The zero-order valence-electron chi connectivity index (χ0n) is 14.8. The largest absolute Gasteiger partial charge is 0.468 e. The lowest BCUT2D eigenvalue weighted by molar-refractivity contribution is -0.148. The summed E-state index contributed by atoms with van der Waals surface area (Å²) in [6.07, 6.45) is -1.65. The third-order valence-electron chi connectivity index (χ3n) is 4.55. The Morgan fingerprint density at radius 3 is 2.93 bits per heavy atom. The Hall–Kier alpha value is -2.42. The fourth-order valence-electron chi connectivity index (χ4n) is 3.22. The molecule has 6 nitrogen and oxygen atoms in total. The van der Waals surface area contributed by atoms with Crippen LogP contribution in [0.5, 0.6) is 0 Å². The number of hydrogen-bond acceptors (Lipinski definition) is 6. The van der Waals surface area contributed by atoms with Gasteiger partial charge in [0.2, 0.25) is 5.89 Å². The minimum absolute atomic E-state index is 0.133. The number of nitrogens with zero attached hydrogens (tertiary/aromatic N) is 3. The molecular formula is C18H20F3N3O3. The summed E-state index contributed by atoms with van der Waals surface area (Å²) in [5.41, 5.74) is -0.263. The smallest absolute Gasteiger partial charge is 0.416 e. The van der Waals surface area contributed by atoms with Gasteiger partial charge in [0.15, 0.2) is 5.82 Å². The van der Waals surface area contributed by atoms with Crippen LogP contribution in [0.3, 0.4) is 0 Å². The molecule has 1 saturated heterocycles. The first kappa shape index (κ1) is 19.3. The molecule has 0 saturated carbocycles. The first-order chi connectivity index (χ1) is 12.9. The molecule has 27 heavy (non-hydrogen) atoms. The normalized spacial score (nSPS) is 18.4. The number of carbonyl (C=O) groups excluding carboxylic acids is 1. The second kappa shape index (κ2) is 8.08. The monoisotopic (exact) mass is 383 g/mol. The van der Waals surface area contributed by atoms with Crippen molar-refractivity contribution in [3.8, 4) is 0 Å². The Bertz CT molecular complexity index is 791. The molecule has 0 spiro atoms. The van der Waals surface area contributed by atoms with E-state index in [1.165, 1.54) is 13.2 Å². The Kier molecular flexibility index (Phi) is 5.79. The summed E-state index contributed by atoms with van der Waals surface area (Å²) >= 11 is 0. The SMILES string of the molecule is COC(=O)[C@@H]1CCCCN1Cc1nc(Cc2cccc(C(F)(F)F)c2)no1. The van der Waals surface area contributed by atoms with Crippen LogP contribution in [0.4, 0.5) is 13.2 Å². The standard InChI is InChI=1S/C18H20F3N3O3/c1-26-17(25)14-7-2-3-8-24(14)11-16-22-15(23-27-16)10-12-5-4-6-13(9-12)18(19,20)21/h4-6,9,14H,2-3,7-8,10-11H2,1H3/t14-/m0/s1. The summed E-state index contributed by atoms with van der Waals surface area (Å²) in [6, 6.07) is 4.70. The molecule has 2 aromatic rings. The van der Waals surface area contributed by atoms with Crippen LogP contribution in [-0.4, -0.2) is 40.7 Å². The van der Waals surface area contributed by atoms with Crippen molar-refractivity contribution in [3.05, 3.63) is 47.1 Å². The molecule has 9 heteroatoms. The predicted octanol–water partition coefficient (Wildman–Crippen LogP) is 3.21. The molecule has 1 aliphatic heterocycles. The van der Waals surface area contributed by atoms with E-state index in [2.05, 4.69) is 10.1 Å². The van der Waals surface area contributed by atoms with E-state index in [1.807, 2.05) is 4.90 Å². The molecule has 0 aliphatic carbocycles. The number of aromatic nitrogens is 2. The van der Waals surface area contributed by atoms with E-state index in [-0.39, 0.29) is 18.4 Å². The number of hydrogen-bond donors (Lipinski definition) is 0. The number of esters is 1. The highest BCUT2D eigenvalue weighted by molar-refractivity contribution is 5.75. The van der Waals surface area contributed by atoms with E-state index in [0.29, 0.717) is 36.8 Å². The number of benzene rings is 1. The quantitative estimate of drug-likeness (QED) is 0.739. The third-order valence-corrected chi connectivity index (χ3v) is 4.55. The maximum atomic E-state index is 12.8. The van der Waals surface area contributed by atoms with Gasteiger partial charge >= 0.3 is 12.1 Å². The number of likely N-dealkylation sites (tertiary alicyclic amines) is 1. The van der Waals surface area contributed by atoms with E-state index in [0.717, 1.165) is 25.0 Å². The highest BCUT2D eigenvalue weighted by atomic mass is 19.4. The number of carbonyl (C=O) groups is 1. The molecule has 0 amide bonds. The fourth-order valence-corrected chi connectivity index (χ4v) is 3.22. The summed E-state index contributed by atoms with van der Waals surface area (Å²) in [4.78, 5) is 18.1. The summed E-state index contributed by atoms with van der Waals surface area (Å²) in [6.45, 7) is 1.01. The molecule has 1 atom stereocenters. The van der Waals surface area contributed by atoms with Gasteiger partial charge in [0.05, 0.1) is 19.2 Å². The van der Waals surface area contributed by atoms with Gasteiger partial charge in [0.25, 0.3) is 0 Å². The number of rotatable bonds is 5. The van der Waals surface area contributed by atoms with Gasteiger partial charge in [-0.2, -0.15) is 18.2 Å². The number of ether oxygens (including phenoxy) is 1. The van der Waals surface area contributed by atoms with Gasteiger partial charge < -0.3 is 9.26 Å². The topological polar surface area (TPSA) is 68.5 Å². The Balaban J connectivity index is 1.67. The van der Waals surface area contributed by atoms with Gasteiger partial charge in [-0.25, -0.2) is 0 Å². The molecule has 1 fully saturated rings. The van der Waals surface area contributed by atoms with Crippen molar-refractivity contribution in [1.82, 2.24) is 15.0 Å². The van der Waals surface area contributed by atoms with Crippen LogP contribution in [0.2, 0.25) is 0 Å². The van der Waals surface area contributed by atoms with Crippen LogP contribution in [0, 0.1) is 0 Å². The maximum absolute atomic E-state index is 12.8. The van der Waals surface area contributed by atoms with Crippen molar-refractivity contribution in [2.75, 3.05) is 13.7 Å². The van der Waals surface area contributed by atoms with Gasteiger partial charge in [0.1, 0.15) is 6.04 Å². The van der Waals surface area contributed by atoms with Gasteiger partial charge in [-0.15, -0.1) is 0 Å². The summed E-state index contributed by atoms with van der Waals surface area (Å²) in [5, 5.41) is 3.85. The summed E-state index contributed by atoms with van der Waals surface area (Å²) in [5.74, 6) is 0.335. The molecular weight excluding hydrogens is 363 g/mol. The molecule has 1 aliphatic rings. The number of piperidine rings is 1. The second-order valence-corrected chi connectivity index (χ2v) is 6.48. The van der Waals surface area contributed by atoms with Crippen LogP contribution >= 0.6 is 0 Å². The second-order valence-electron chi connectivity index (χ2n) is 6.48. The van der Waals surface area contributed by atoms with Crippen LogP contribution in [0.15, 0.2) is 28.8 Å². The molecule has 0 unspecified atom stereocenters. The average Bonchev–Trinajstić information content (AvgIpc) is 3.08. The van der Waals surface area contributed by atoms with Gasteiger partial charge in [-0.05, 0) is 31.0 Å². The van der Waals surface area contributed by atoms with Gasteiger partial charge in [-0.1, -0.05) is 29.8 Å². The third kappa shape index (κ3) is 4.85. The van der Waals surface area contributed by atoms with Crippen LogP contribution in [0.25, 0.3) is 0 Å². The number of alkyl halides is 3. The van der Waals surface area contributed by atoms with E-state index in [1.54, 1.807) is 6.07 Å². The summed E-state index contributed by atoms with van der Waals surface area (Å²) < 4.78 is 48.5. The molecule has 3 rings (SSSR count). The number of halogens is 3. The van der Waals surface area contributed by atoms with Gasteiger partial charge in [-0.3, -0.25) is 9.69 Å². The van der Waals surface area contributed by atoms with Crippen molar-refractivity contribution in [2.24, 2.45) is 0 Å². The van der Waals surface area contributed by atoms with Crippen molar-refractivity contribution in [3.63, 3.8) is 0 Å². The Labute approximate surface area is 154 Å². The van der Waals surface area contributed by atoms with Crippen LogP contribution in [-0.2, 0) is 28.7 Å². The molecule has 146 valence electrons. The first-order valence-electron chi connectivity index (χ1n) is 8.66. The Morgan fingerprint density at radius 2 is 2.19 bits per heavy atom. The highest BCUT2D eigenvalue weighted by Gasteiger charge is 2.31. The van der Waals surface area contributed by atoms with E-state index < -0.39 is 11.7 Å². The van der Waals surface area contributed by atoms with E-state index in [9.17, 15) is 18.0 Å². The van der Waals surface area contributed by atoms with Crippen molar-refractivity contribution in [2.45, 2.75) is 44.4 Å². The van der Waals surface area contributed by atoms with E-state index in [4.69, 9.17) is 9.26 Å². The molecule has 1 aromatic heterocycles. The molecule has 1 aromatic carbocycles. The molecule has 2 heterocycles. The zero-order valence-corrected chi connectivity index (χ0v) is 14.8. The van der Waals surface area contributed by atoms with Crippen LogP contribution in [0.1, 0.15) is 42.1 Å². The fraction of sp³-hybridized carbons (Fsp3) is 0.500. The molecule has 0 radical (unpaired) electrons. The van der Waals surface area contributed by atoms with Crippen LogP contribution < -0.4 is 0 Å². The number of methoxy groups -OCH3 is 1. The maximum Gasteiger partial charge on any atom is 0.416 e. The molecule has 0 bridgehead atoms.